The number of rotatable bonds is 9. The number of aryl methyl sites for hydroxylation is 1. The number of ether oxygens (including phenoxy) is 1. The standard InChI is InChI=1S/C19H24O4S/c1-2-3-4-5-6-9-16-10-7-8-11-19(16)23-17-12-14-18(15-13-17)24(20,21)22/h7-8,10-15H,2-6,9H2,1H3,(H,20,21,22). The molecule has 130 valence electrons. The first-order valence-electron chi connectivity index (χ1n) is 8.34. The van der Waals surface area contributed by atoms with E-state index in [1.54, 1.807) is 12.1 Å². The molecule has 0 radical (unpaired) electrons. The van der Waals surface area contributed by atoms with E-state index >= 15 is 0 Å². The highest BCUT2D eigenvalue weighted by Crippen LogP contribution is 2.27. The fourth-order valence-corrected chi connectivity index (χ4v) is 3.02. The lowest BCUT2D eigenvalue weighted by Gasteiger charge is -2.11. The third-order valence-electron chi connectivity index (χ3n) is 3.87. The van der Waals surface area contributed by atoms with Gasteiger partial charge in [0, 0.05) is 0 Å². The van der Waals surface area contributed by atoms with Gasteiger partial charge < -0.3 is 4.74 Å². The zero-order valence-corrected chi connectivity index (χ0v) is 14.8. The molecule has 0 fully saturated rings. The third-order valence-corrected chi connectivity index (χ3v) is 4.74. The first-order valence-corrected chi connectivity index (χ1v) is 9.78. The summed E-state index contributed by atoms with van der Waals surface area (Å²) in [7, 11) is -4.18. The van der Waals surface area contributed by atoms with Crippen molar-refractivity contribution < 1.29 is 17.7 Å². The van der Waals surface area contributed by atoms with Crippen molar-refractivity contribution in [1.29, 1.82) is 0 Å². The van der Waals surface area contributed by atoms with E-state index in [4.69, 9.17) is 9.29 Å². The Bertz CT molecular complexity index is 736. The summed E-state index contributed by atoms with van der Waals surface area (Å²) < 4.78 is 37.0. The van der Waals surface area contributed by atoms with E-state index in [9.17, 15) is 8.42 Å². The molecule has 0 bridgehead atoms. The molecule has 2 aromatic rings. The Morgan fingerprint density at radius 1 is 0.917 bits per heavy atom. The molecular formula is C19H24O4S. The molecular weight excluding hydrogens is 324 g/mol. The van der Waals surface area contributed by atoms with Crippen LogP contribution in [0.5, 0.6) is 11.5 Å². The molecule has 2 rings (SSSR count). The molecule has 0 saturated heterocycles. The maximum atomic E-state index is 11.1. The van der Waals surface area contributed by atoms with Gasteiger partial charge in [-0.3, -0.25) is 4.55 Å². The highest BCUT2D eigenvalue weighted by molar-refractivity contribution is 7.85. The van der Waals surface area contributed by atoms with Crippen molar-refractivity contribution in [3.63, 3.8) is 0 Å². The summed E-state index contributed by atoms with van der Waals surface area (Å²) in [5.74, 6) is 1.33. The van der Waals surface area contributed by atoms with Gasteiger partial charge in [-0.25, -0.2) is 0 Å². The van der Waals surface area contributed by atoms with Crippen LogP contribution in [0.1, 0.15) is 44.6 Å². The van der Waals surface area contributed by atoms with Gasteiger partial charge in [-0.1, -0.05) is 50.8 Å². The van der Waals surface area contributed by atoms with Crippen LogP contribution in [0.2, 0.25) is 0 Å². The van der Waals surface area contributed by atoms with Crippen molar-refractivity contribution in [2.24, 2.45) is 0 Å². The van der Waals surface area contributed by atoms with Crippen LogP contribution >= 0.6 is 0 Å². The van der Waals surface area contributed by atoms with E-state index in [2.05, 4.69) is 13.0 Å². The second-order valence-electron chi connectivity index (χ2n) is 5.82. The smallest absolute Gasteiger partial charge is 0.294 e. The van der Waals surface area contributed by atoms with Gasteiger partial charge in [-0.2, -0.15) is 8.42 Å². The summed E-state index contributed by atoms with van der Waals surface area (Å²) in [6.45, 7) is 2.20. The second-order valence-corrected chi connectivity index (χ2v) is 7.24. The minimum absolute atomic E-state index is 0.140. The lowest BCUT2D eigenvalue weighted by molar-refractivity contribution is 0.472. The number of benzene rings is 2. The van der Waals surface area contributed by atoms with Gasteiger partial charge in [0.1, 0.15) is 11.5 Å². The van der Waals surface area contributed by atoms with E-state index in [0.29, 0.717) is 5.75 Å². The number of para-hydroxylation sites is 1. The van der Waals surface area contributed by atoms with Crippen LogP contribution in [0, 0.1) is 0 Å². The molecule has 0 spiro atoms. The molecule has 24 heavy (non-hydrogen) atoms. The largest absolute Gasteiger partial charge is 0.457 e. The van der Waals surface area contributed by atoms with Crippen LogP contribution in [0.25, 0.3) is 0 Å². The van der Waals surface area contributed by atoms with Crippen LogP contribution in [0.4, 0.5) is 0 Å². The number of unbranched alkanes of at least 4 members (excludes halogenated alkanes) is 4. The van der Waals surface area contributed by atoms with E-state index in [-0.39, 0.29) is 4.90 Å². The van der Waals surface area contributed by atoms with Crippen LogP contribution in [0.3, 0.4) is 0 Å². The predicted octanol–water partition coefficient (Wildman–Crippen LogP) is 5.24. The van der Waals surface area contributed by atoms with Gasteiger partial charge in [-0.05, 0) is 48.7 Å². The quantitative estimate of drug-likeness (QED) is 0.497. The Hall–Kier alpha value is -1.85. The van der Waals surface area contributed by atoms with Crippen LogP contribution in [0.15, 0.2) is 53.4 Å². The molecule has 4 nitrogen and oxygen atoms in total. The van der Waals surface area contributed by atoms with Crippen LogP contribution < -0.4 is 4.74 Å². The maximum Gasteiger partial charge on any atom is 0.294 e. The lowest BCUT2D eigenvalue weighted by atomic mass is 10.0. The maximum absolute atomic E-state index is 11.1. The molecule has 0 atom stereocenters. The lowest BCUT2D eigenvalue weighted by Crippen LogP contribution is -1.97. The van der Waals surface area contributed by atoms with Crippen molar-refractivity contribution >= 4 is 10.1 Å². The minimum atomic E-state index is -4.18. The van der Waals surface area contributed by atoms with Crippen LogP contribution in [-0.4, -0.2) is 13.0 Å². The average molecular weight is 348 g/mol. The molecule has 0 heterocycles. The Morgan fingerprint density at radius 2 is 1.58 bits per heavy atom. The number of hydrogen-bond acceptors (Lipinski definition) is 3. The zero-order chi connectivity index (χ0) is 17.4. The Kier molecular flexibility index (Phi) is 6.82. The normalized spacial score (nSPS) is 11.4. The molecule has 0 aliphatic heterocycles. The van der Waals surface area contributed by atoms with Gasteiger partial charge in [0.2, 0.25) is 0 Å². The fourth-order valence-electron chi connectivity index (χ4n) is 2.54. The summed E-state index contributed by atoms with van der Waals surface area (Å²) in [4.78, 5) is -0.140. The zero-order valence-electron chi connectivity index (χ0n) is 13.9. The summed E-state index contributed by atoms with van der Waals surface area (Å²) in [6, 6.07) is 13.6. The molecule has 0 aliphatic rings. The van der Waals surface area contributed by atoms with E-state index in [1.165, 1.54) is 37.8 Å². The third kappa shape index (κ3) is 5.65. The predicted molar refractivity (Wildman–Crippen MR) is 95.2 cm³/mol. The molecule has 5 heteroatoms. The first-order chi connectivity index (χ1) is 11.5. The summed E-state index contributed by atoms with van der Waals surface area (Å²) in [5.41, 5.74) is 1.15. The van der Waals surface area contributed by atoms with E-state index in [1.807, 2.05) is 18.2 Å². The molecule has 0 unspecified atom stereocenters. The Morgan fingerprint density at radius 3 is 2.25 bits per heavy atom. The molecule has 1 N–H and O–H groups in total. The molecule has 2 aromatic carbocycles. The summed E-state index contributed by atoms with van der Waals surface area (Å²) in [5, 5.41) is 0. The summed E-state index contributed by atoms with van der Waals surface area (Å²) >= 11 is 0. The minimum Gasteiger partial charge on any atom is -0.457 e. The highest BCUT2D eigenvalue weighted by atomic mass is 32.2. The Labute approximate surface area is 144 Å². The van der Waals surface area contributed by atoms with Crippen molar-refractivity contribution in [3.05, 3.63) is 54.1 Å². The monoisotopic (exact) mass is 348 g/mol. The van der Waals surface area contributed by atoms with Gasteiger partial charge in [0.15, 0.2) is 0 Å². The molecule has 0 saturated carbocycles. The fraction of sp³-hybridized carbons (Fsp3) is 0.368. The summed E-state index contributed by atoms with van der Waals surface area (Å²) in [6.07, 6.45) is 7.07. The van der Waals surface area contributed by atoms with Gasteiger partial charge in [0.25, 0.3) is 10.1 Å². The molecule has 0 amide bonds. The van der Waals surface area contributed by atoms with Gasteiger partial charge in [-0.15, -0.1) is 0 Å². The van der Waals surface area contributed by atoms with Crippen molar-refractivity contribution in [2.45, 2.75) is 50.3 Å². The average Bonchev–Trinajstić information content (AvgIpc) is 2.56. The van der Waals surface area contributed by atoms with Crippen molar-refractivity contribution in [3.8, 4) is 11.5 Å². The van der Waals surface area contributed by atoms with Gasteiger partial charge >= 0.3 is 0 Å². The number of hydrogen-bond donors (Lipinski definition) is 1. The first kappa shape index (κ1) is 18.5. The van der Waals surface area contributed by atoms with Crippen molar-refractivity contribution in [1.82, 2.24) is 0 Å². The highest BCUT2D eigenvalue weighted by Gasteiger charge is 2.10. The van der Waals surface area contributed by atoms with Gasteiger partial charge in [0.05, 0.1) is 4.90 Å². The molecule has 0 aliphatic carbocycles. The van der Waals surface area contributed by atoms with E-state index in [0.717, 1.165) is 24.2 Å². The SMILES string of the molecule is CCCCCCCc1ccccc1Oc1ccc(S(=O)(=O)O)cc1. The van der Waals surface area contributed by atoms with E-state index < -0.39 is 10.1 Å². The Balaban J connectivity index is 2.02. The topological polar surface area (TPSA) is 63.6 Å². The molecule has 0 aromatic heterocycles. The second kappa shape index (κ2) is 8.85. The van der Waals surface area contributed by atoms with Crippen molar-refractivity contribution in [2.75, 3.05) is 0 Å². The van der Waals surface area contributed by atoms with Crippen LogP contribution in [-0.2, 0) is 16.5 Å².